The lowest BCUT2D eigenvalue weighted by Gasteiger charge is -2.09. The Bertz CT molecular complexity index is 444. The Hall–Kier alpha value is -0.590. The number of benzene rings is 1. The molecular formula is C11H16IN2O3P. The second-order valence-electron chi connectivity index (χ2n) is 3.75. The normalized spacial score (nSPS) is 13.7. The van der Waals surface area contributed by atoms with Gasteiger partial charge in [-0.15, -0.1) is 0 Å². The van der Waals surface area contributed by atoms with Crippen LogP contribution in [-0.2, 0) is 4.57 Å². The van der Waals surface area contributed by atoms with Crippen LogP contribution in [0.3, 0.4) is 0 Å². The monoisotopic (exact) mass is 382 g/mol. The van der Waals surface area contributed by atoms with Crippen LogP contribution in [0.25, 0.3) is 0 Å². The Balaban J connectivity index is 2.59. The average molecular weight is 382 g/mol. The zero-order valence-electron chi connectivity index (χ0n) is 10.1. The van der Waals surface area contributed by atoms with Crippen molar-refractivity contribution >= 4 is 33.1 Å². The van der Waals surface area contributed by atoms with Gasteiger partial charge in [-0.2, -0.15) is 0 Å². The Kier molecular flexibility index (Phi) is 6.11. The minimum absolute atomic E-state index is 0.125. The number of halogens is 1. The third kappa shape index (κ3) is 5.84. The van der Waals surface area contributed by atoms with Crippen LogP contribution < -0.4 is 15.3 Å². The van der Waals surface area contributed by atoms with Crippen molar-refractivity contribution < 1.29 is 13.9 Å². The van der Waals surface area contributed by atoms with E-state index in [1.54, 1.807) is 46.3 Å². The molecule has 18 heavy (non-hydrogen) atoms. The molecule has 1 unspecified atom stereocenters. The van der Waals surface area contributed by atoms with Crippen molar-refractivity contribution in [2.45, 2.75) is 19.8 Å². The second-order valence-corrected chi connectivity index (χ2v) is 9.01. The molecule has 1 aromatic rings. The maximum atomic E-state index is 11.7. The van der Waals surface area contributed by atoms with E-state index in [1.165, 1.54) is 0 Å². The molecule has 0 bridgehead atoms. The predicted molar refractivity (Wildman–Crippen MR) is 80.1 cm³/mol. The number of carbonyl (C=O) groups excluding carboxylic acids is 1. The van der Waals surface area contributed by atoms with Crippen LogP contribution in [0.2, 0.25) is 0 Å². The van der Waals surface area contributed by atoms with Crippen molar-refractivity contribution in [3.63, 3.8) is 0 Å². The van der Waals surface area contributed by atoms with E-state index in [-0.39, 0.29) is 5.91 Å². The molecule has 0 radical (unpaired) electrons. The summed E-state index contributed by atoms with van der Waals surface area (Å²) in [6, 6.07) is 6.38. The van der Waals surface area contributed by atoms with Crippen LogP contribution in [0.4, 0.5) is 0 Å². The summed E-state index contributed by atoms with van der Waals surface area (Å²) in [5.41, 5.74) is 5.83. The van der Waals surface area contributed by atoms with Crippen LogP contribution in [0.15, 0.2) is 24.3 Å². The Morgan fingerprint density at radius 2 is 2.06 bits per heavy atom. The fraction of sp³-hybridized carbons (Fsp3) is 0.364. The van der Waals surface area contributed by atoms with Crippen LogP contribution in [0.1, 0.15) is 30.1 Å². The van der Waals surface area contributed by atoms with Crippen molar-refractivity contribution in [1.82, 2.24) is 5.32 Å². The molecule has 1 aromatic carbocycles. The van der Waals surface area contributed by atoms with Crippen molar-refractivity contribution in [2.24, 2.45) is 5.50 Å². The molecule has 0 aromatic heterocycles. The number of hydrogen-bond acceptors (Lipinski definition) is 3. The van der Waals surface area contributed by atoms with Crippen LogP contribution in [0, 0.1) is 0 Å². The molecule has 100 valence electrons. The molecule has 1 amide bonds. The Morgan fingerprint density at radius 1 is 1.44 bits per heavy atom. The largest absolute Gasteiger partial charge is 0.426 e. The van der Waals surface area contributed by atoms with Gasteiger partial charge in [0.05, 0.1) is 22.0 Å². The molecule has 0 heterocycles. The van der Waals surface area contributed by atoms with Gasteiger partial charge in [0.2, 0.25) is 0 Å². The number of carbonyl (C=O) groups is 1. The SMILES string of the molecule is CCCCNC(=O)c1ccc(OP(N)(=O)I)cc1. The molecule has 0 aliphatic heterocycles. The summed E-state index contributed by atoms with van der Waals surface area (Å²) in [6.07, 6.45) is 1.99. The van der Waals surface area contributed by atoms with Gasteiger partial charge in [-0.3, -0.25) is 4.79 Å². The minimum atomic E-state index is -3.08. The molecular weight excluding hydrogens is 366 g/mol. The van der Waals surface area contributed by atoms with Gasteiger partial charge in [0.15, 0.2) is 0 Å². The van der Waals surface area contributed by atoms with Gasteiger partial charge in [0.1, 0.15) is 5.75 Å². The molecule has 0 saturated heterocycles. The first-order valence-electron chi connectivity index (χ1n) is 5.58. The molecule has 0 fully saturated rings. The fourth-order valence-corrected chi connectivity index (χ4v) is 2.38. The number of nitrogens with two attached hydrogens (primary N) is 1. The molecule has 3 N–H and O–H groups in total. The minimum Gasteiger partial charge on any atom is -0.426 e. The maximum Gasteiger partial charge on any atom is 0.371 e. The van der Waals surface area contributed by atoms with Gasteiger partial charge < -0.3 is 9.84 Å². The topological polar surface area (TPSA) is 81.4 Å². The number of nitrogens with one attached hydrogen (secondary N) is 1. The van der Waals surface area contributed by atoms with Gasteiger partial charge >= 0.3 is 5.16 Å². The smallest absolute Gasteiger partial charge is 0.371 e. The van der Waals surface area contributed by atoms with Gasteiger partial charge in [-0.25, -0.2) is 10.1 Å². The van der Waals surface area contributed by atoms with E-state index in [1.807, 2.05) is 0 Å². The summed E-state index contributed by atoms with van der Waals surface area (Å²) in [5.74, 6) is 0.265. The maximum absolute atomic E-state index is 11.7. The van der Waals surface area contributed by atoms with Crippen molar-refractivity contribution in [3.05, 3.63) is 29.8 Å². The van der Waals surface area contributed by atoms with E-state index in [4.69, 9.17) is 10.0 Å². The number of hydrogen-bond donors (Lipinski definition) is 2. The first-order valence-corrected chi connectivity index (χ1v) is 10.1. The van der Waals surface area contributed by atoms with Crippen LogP contribution in [0.5, 0.6) is 5.75 Å². The molecule has 1 atom stereocenters. The fourth-order valence-electron chi connectivity index (χ4n) is 1.29. The van der Waals surface area contributed by atoms with Crippen molar-refractivity contribution in [3.8, 4) is 5.75 Å². The zero-order valence-corrected chi connectivity index (χ0v) is 13.1. The highest BCUT2D eigenvalue weighted by Gasteiger charge is 2.12. The Morgan fingerprint density at radius 3 is 2.56 bits per heavy atom. The number of unbranched alkanes of at least 4 members (excludes halogenated alkanes) is 1. The van der Waals surface area contributed by atoms with Crippen LogP contribution >= 0.6 is 27.2 Å². The van der Waals surface area contributed by atoms with E-state index in [2.05, 4.69) is 12.2 Å². The second kappa shape index (κ2) is 7.11. The standard InChI is InChI=1S/C11H16IN2O3P/c1-2-3-8-14-11(15)9-4-6-10(7-5-9)17-18(12,13)16/h4-7H,2-3,8H2,1H3,(H2,13,16)(H,14,15). The lowest BCUT2D eigenvalue weighted by Crippen LogP contribution is -2.24. The highest BCUT2D eigenvalue weighted by atomic mass is 127. The summed E-state index contributed by atoms with van der Waals surface area (Å²) in [7, 11) is 0. The highest BCUT2D eigenvalue weighted by Crippen LogP contribution is 2.47. The van der Waals surface area contributed by atoms with Gasteiger partial charge in [-0.1, -0.05) is 13.3 Å². The summed E-state index contributed by atoms with van der Waals surface area (Å²) in [6.45, 7) is 2.73. The number of rotatable bonds is 6. The first-order chi connectivity index (χ1) is 8.42. The number of amides is 1. The average Bonchev–Trinajstić information content (AvgIpc) is 2.28. The highest BCUT2D eigenvalue weighted by molar-refractivity contribution is 14.2. The van der Waals surface area contributed by atoms with E-state index >= 15 is 0 Å². The third-order valence-electron chi connectivity index (χ3n) is 2.16. The predicted octanol–water partition coefficient (Wildman–Crippen LogP) is 3.10. The quantitative estimate of drug-likeness (QED) is 0.450. The molecule has 0 aliphatic rings. The summed E-state index contributed by atoms with van der Waals surface area (Å²) >= 11 is 1.56. The van der Waals surface area contributed by atoms with Crippen molar-refractivity contribution in [1.29, 1.82) is 0 Å². The molecule has 5 nitrogen and oxygen atoms in total. The molecule has 0 spiro atoms. The van der Waals surface area contributed by atoms with E-state index in [0.29, 0.717) is 17.9 Å². The van der Waals surface area contributed by atoms with E-state index in [9.17, 15) is 9.36 Å². The lowest BCUT2D eigenvalue weighted by atomic mass is 10.2. The first kappa shape index (κ1) is 15.5. The molecule has 1 rings (SSSR count). The zero-order chi connectivity index (χ0) is 13.6. The van der Waals surface area contributed by atoms with E-state index in [0.717, 1.165) is 12.8 Å². The summed E-state index contributed by atoms with van der Waals surface area (Å²) in [4.78, 5) is 11.7. The molecule has 0 saturated carbocycles. The molecule has 7 heteroatoms. The lowest BCUT2D eigenvalue weighted by molar-refractivity contribution is 0.0953. The van der Waals surface area contributed by atoms with Crippen molar-refractivity contribution in [2.75, 3.05) is 6.54 Å². The van der Waals surface area contributed by atoms with Gasteiger partial charge in [0.25, 0.3) is 5.91 Å². The summed E-state index contributed by atoms with van der Waals surface area (Å²) in [5, 5.41) is -0.272. The third-order valence-corrected chi connectivity index (χ3v) is 3.21. The van der Waals surface area contributed by atoms with E-state index < -0.39 is 5.16 Å². The summed E-state index contributed by atoms with van der Waals surface area (Å²) < 4.78 is 16.3. The molecule has 0 aliphatic carbocycles. The van der Waals surface area contributed by atoms with Crippen LogP contribution in [-0.4, -0.2) is 12.5 Å². The van der Waals surface area contributed by atoms with Gasteiger partial charge in [0, 0.05) is 12.1 Å². The van der Waals surface area contributed by atoms with Gasteiger partial charge in [-0.05, 0) is 30.7 Å². The Labute approximate surface area is 119 Å².